The fourth-order valence-corrected chi connectivity index (χ4v) is 4.90. The highest BCUT2D eigenvalue weighted by molar-refractivity contribution is 5.11. The molecule has 5 atom stereocenters. The zero-order valence-corrected chi connectivity index (χ0v) is 9.50. The van der Waals surface area contributed by atoms with Crippen LogP contribution in [0.15, 0.2) is 0 Å². The molecule has 0 unspecified atom stereocenters. The molecular weight excluding hydrogens is 170 g/mol. The number of nitrogens with two attached hydrogens (primary N) is 1. The Balaban J connectivity index is 1.91. The van der Waals surface area contributed by atoms with Crippen LogP contribution in [0.4, 0.5) is 0 Å². The van der Waals surface area contributed by atoms with Gasteiger partial charge in [-0.2, -0.15) is 0 Å². The van der Waals surface area contributed by atoms with Gasteiger partial charge in [-0.3, -0.25) is 0 Å². The first kappa shape index (κ1) is 9.21. The molecule has 0 heterocycles. The molecule has 3 aliphatic rings. The van der Waals surface area contributed by atoms with Crippen LogP contribution < -0.4 is 5.73 Å². The number of hydrogen-bond donors (Lipinski definition) is 1. The van der Waals surface area contributed by atoms with Gasteiger partial charge in [0.25, 0.3) is 0 Å². The summed E-state index contributed by atoms with van der Waals surface area (Å²) in [7, 11) is 0. The number of hydrogen-bond acceptors (Lipinski definition) is 1. The third-order valence-corrected chi connectivity index (χ3v) is 5.83. The Kier molecular flexibility index (Phi) is 1.81. The molecule has 0 radical (unpaired) electrons. The zero-order chi connectivity index (χ0) is 9.92. The van der Waals surface area contributed by atoms with Crippen LogP contribution >= 0.6 is 0 Å². The summed E-state index contributed by atoms with van der Waals surface area (Å²) in [5.41, 5.74) is 7.07. The van der Waals surface area contributed by atoms with Crippen molar-refractivity contribution in [3.05, 3.63) is 0 Å². The minimum absolute atomic E-state index is 0.550. The predicted octanol–water partition coefficient (Wildman–Crippen LogP) is 2.80. The minimum atomic E-state index is 0.550. The van der Waals surface area contributed by atoms with Crippen LogP contribution in [0.2, 0.25) is 0 Å². The summed E-state index contributed by atoms with van der Waals surface area (Å²) < 4.78 is 0. The third kappa shape index (κ3) is 0.946. The Labute approximate surface area is 87.4 Å². The fraction of sp³-hybridized carbons (Fsp3) is 1.00. The van der Waals surface area contributed by atoms with E-state index < -0.39 is 0 Å². The summed E-state index contributed by atoms with van der Waals surface area (Å²) in [5, 5.41) is 0. The van der Waals surface area contributed by atoms with Crippen LogP contribution in [0.25, 0.3) is 0 Å². The van der Waals surface area contributed by atoms with Gasteiger partial charge in [-0.1, -0.05) is 13.8 Å². The first-order valence-corrected chi connectivity index (χ1v) is 6.39. The van der Waals surface area contributed by atoms with E-state index in [-0.39, 0.29) is 0 Å². The van der Waals surface area contributed by atoms with Crippen molar-refractivity contribution < 1.29 is 0 Å². The molecule has 3 fully saturated rings. The Morgan fingerprint density at radius 1 is 1.07 bits per heavy atom. The highest BCUT2D eigenvalue weighted by Gasteiger charge is 2.59. The van der Waals surface area contributed by atoms with E-state index in [4.69, 9.17) is 5.73 Å². The molecule has 0 amide bonds. The molecule has 0 saturated heterocycles. The molecule has 3 saturated carbocycles. The highest BCUT2D eigenvalue weighted by atomic mass is 14.8. The van der Waals surface area contributed by atoms with E-state index in [1.807, 2.05) is 0 Å². The van der Waals surface area contributed by atoms with Gasteiger partial charge in [0.05, 0.1) is 0 Å². The van der Waals surface area contributed by atoms with Crippen molar-refractivity contribution in [2.75, 3.05) is 0 Å². The van der Waals surface area contributed by atoms with Gasteiger partial charge in [0, 0.05) is 6.04 Å². The van der Waals surface area contributed by atoms with Gasteiger partial charge in [0.1, 0.15) is 0 Å². The van der Waals surface area contributed by atoms with E-state index in [9.17, 15) is 0 Å². The molecule has 3 rings (SSSR count). The molecule has 14 heavy (non-hydrogen) atoms. The summed E-state index contributed by atoms with van der Waals surface area (Å²) in [4.78, 5) is 0. The largest absolute Gasteiger partial charge is 0.327 e. The first-order valence-electron chi connectivity index (χ1n) is 6.39. The van der Waals surface area contributed by atoms with Crippen molar-refractivity contribution in [1.82, 2.24) is 0 Å². The van der Waals surface area contributed by atoms with Gasteiger partial charge < -0.3 is 5.73 Å². The fourth-order valence-electron chi connectivity index (χ4n) is 4.90. The molecule has 1 spiro atoms. The van der Waals surface area contributed by atoms with Gasteiger partial charge in [0.2, 0.25) is 0 Å². The van der Waals surface area contributed by atoms with Crippen LogP contribution in [0.1, 0.15) is 46.0 Å². The van der Waals surface area contributed by atoms with Crippen LogP contribution in [-0.4, -0.2) is 6.04 Å². The Bertz CT molecular complexity index is 234. The van der Waals surface area contributed by atoms with E-state index >= 15 is 0 Å². The second-order valence-corrected chi connectivity index (χ2v) is 6.39. The molecule has 0 aromatic rings. The maximum atomic E-state index is 6.48. The summed E-state index contributed by atoms with van der Waals surface area (Å²) in [5.74, 6) is 3.72. The number of fused-ring (bicyclic) bond motifs is 3. The molecule has 1 nitrogen and oxygen atoms in total. The Hall–Kier alpha value is -0.0400. The van der Waals surface area contributed by atoms with Crippen LogP contribution in [-0.2, 0) is 0 Å². The highest BCUT2D eigenvalue weighted by Crippen LogP contribution is 2.64. The van der Waals surface area contributed by atoms with Crippen LogP contribution in [0.5, 0.6) is 0 Å². The normalized spacial score (nSPS) is 54.6. The molecule has 3 aliphatic carbocycles. The quantitative estimate of drug-likeness (QED) is 0.629. The molecule has 2 bridgehead atoms. The van der Waals surface area contributed by atoms with Crippen molar-refractivity contribution in [3.63, 3.8) is 0 Å². The minimum Gasteiger partial charge on any atom is -0.327 e. The molecule has 80 valence electrons. The van der Waals surface area contributed by atoms with Crippen LogP contribution in [0.3, 0.4) is 0 Å². The standard InChI is InChI=1S/C13H23N/c1-8-6-13(7-9(8)2)11-4-3-10(5-11)12(13)14/h8-12H,3-7,14H2,1-2H3/t8-,9-,10+,11-,12-/m1/s1. The maximum absolute atomic E-state index is 6.48. The molecule has 0 aromatic carbocycles. The van der Waals surface area contributed by atoms with Gasteiger partial charge in [0.15, 0.2) is 0 Å². The molecule has 0 aliphatic heterocycles. The number of rotatable bonds is 0. The summed E-state index contributed by atoms with van der Waals surface area (Å²) in [6.45, 7) is 4.86. The van der Waals surface area contributed by atoms with Crippen molar-refractivity contribution in [2.45, 2.75) is 52.0 Å². The third-order valence-electron chi connectivity index (χ3n) is 5.83. The first-order chi connectivity index (χ1) is 6.63. The average molecular weight is 193 g/mol. The molecule has 2 N–H and O–H groups in total. The summed E-state index contributed by atoms with van der Waals surface area (Å²) >= 11 is 0. The molecule has 1 heteroatoms. The zero-order valence-electron chi connectivity index (χ0n) is 9.50. The summed E-state index contributed by atoms with van der Waals surface area (Å²) in [6.07, 6.45) is 7.22. The second-order valence-electron chi connectivity index (χ2n) is 6.39. The lowest BCUT2D eigenvalue weighted by Crippen LogP contribution is -2.44. The lowest BCUT2D eigenvalue weighted by molar-refractivity contribution is 0.131. The Morgan fingerprint density at radius 2 is 1.71 bits per heavy atom. The summed E-state index contributed by atoms with van der Waals surface area (Å²) in [6, 6.07) is 0.550. The Morgan fingerprint density at radius 3 is 2.21 bits per heavy atom. The van der Waals surface area contributed by atoms with E-state index in [0.29, 0.717) is 11.5 Å². The van der Waals surface area contributed by atoms with Crippen molar-refractivity contribution in [3.8, 4) is 0 Å². The monoisotopic (exact) mass is 193 g/mol. The SMILES string of the molecule is C[C@@H]1CC2(C[C@H]1C)[C@@H]1CC[C@@H](C1)[C@H]2N. The van der Waals surface area contributed by atoms with E-state index in [2.05, 4.69) is 13.8 Å². The smallest absolute Gasteiger partial charge is 0.0127 e. The van der Waals surface area contributed by atoms with Gasteiger partial charge >= 0.3 is 0 Å². The predicted molar refractivity (Wildman–Crippen MR) is 58.8 cm³/mol. The molecular formula is C13H23N. The average Bonchev–Trinajstić information content (AvgIpc) is 2.76. The lowest BCUT2D eigenvalue weighted by atomic mass is 9.68. The second kappa shape index (κ2) is 2.75. The van der Waals surface area contributed by atoms with E-state index in [0.717, 1.165) is 23.7 Å². The van der Waals surface area contributed by atoms with E-state index in [1.54, 1.807) is 0 Å². The maximum Gasteiger partial charge on any atom is 0.0127 e. The van der Waals surface area contributed by atoms with E-state index in [1.165, 1.54) is 32.1 Å². The van der Waals surface area contributed by atoms with Gasteiger partial charge in [-0.25, -0.2) is 0 Å². The van der Waals surface area contributed by atoms with Gasteiger partial charge in [-0.05, 0) is 61.2 Å². The van der Waals surface area contributed by atoms with Crippen molar-refractivity contribution in [1.29, 1.82) is 0 Å². The lowest BCUT2D eigenvalue weighted by Gasteiger charge is -2.39. The van der Waals surface area contributed by atoms with Crippen LogP contribution in [0, 0.1) is 29.1 Å². The van der Waals surface area contributed by atoms with Crippen molar-refractivity contribution in [2.24, 2.45) is 34.8 Å². The molecule has 0 aromatic heterocycles. The topological polar surface area (TPSA) is 26.0 Å². The van der Waals surface area contributed by atoms with Gasteiger partial charge in [-0.15, -0.1) is 0 Å². The van der Waals surface area contributed by atoms with Crippen molar-refractivity contribution >= 4 is 0 Å².